The van der Waals surface area contributed by atoms with E-state index in [-0.39, 0.29) is 0 Å². The Morgan fingerprint density at radius 1 is 1.78 bits per heavy atom. The Balaban J connectivity index is 0.000000148. The molecule has 0 radical (unpaired) electrons. The number of aromatic nitrogens is 2. The molecule has 0 fully saturated rings. The van der Waals surface area contributed by atoms with Crippen LogP contribution in [0, 0.1) is 0 Å². The summed E-state index contributed by atoms with van der Waals surface area (Å²) in [5.74, 6) is 0.778. The molecule has 1 N–H and O–H groups in total. The van der Waals surface area contributed by atoms with Crippen LogP contribution in [0.3, 0.4) is 0 Å². The minimum absolute atomic E-state index is 0.778. The standard InChI is InChI=1S/C3H4N2.C3H6S/c1-2-5-3-4-1;1-2-3-4/h1-3H,(H,4,5);2,4H,1,3H2. The molecule has 0 saturated heterocycles. The number of rotatable bonds is 1. The average Bonchev–Trinajstić information content (AvgIpc) is 2.43. The Labute approximate surface area is 60.4 Å². The molecule has 0 amide bonds. The van der Waals surface area contributed by atoms with Gasteiger partial charge in [0.2, 0.25) is 0 Å². The monoisotopic (exact) mass is 142 g/mol. The second-order valence-electron chi connectivity index (χ2n) is 1.23. The first-order valence-electron chi connectivity index (χ1n) is 2.56. The van der Waals surface area contributed by atoms with Crippen molar-refractivity contribution in [3.8, 4) is 0 Å². The molecular formula is C6H10N2S. The second kappa shape index (κ2) is 7.30. The molecule has 0 unspecified atom stereocenters. The maximum atomic E-state index is 3.80. The van der Waals surface area contributed by atoms with Gasteiger partial charge in [0.1, 0.15) is 0 Å². The minimum atomic E-state index is 0.778. The van der Waals surface area contributed by atoms with E-state index < -0.39 is 0 Å². The second-order valence-corrected chi connectivity index (χ2v) is 1.60. The number of aromatic amines is 1. The summed E-state index contributed by atoms with van der Waals surface area (Å²) in [5.41, 5.74) is 0. The quantitative estimate of drug-likeness (QED) is 0.451. The summed E-state index contributed by atoms with van der Waals surface area (Å²) in [6, 6.07) is 0. The van der Waals surface area contributed by atoms with Crippen molar-refractivity contribution >= 4 is 12.6 Å². The van der Waals surface area contributed by atoms with Gasteiger partial charge in [-0.15, -0.1) is 6.58 Å². The summed E-state index contributed by atoms with van der Waals surface area (Å²) in [5, 5.41) is 0. The molecule has 3 heteroatoms. The lowest BCUT2D eigenvalue weighted by Gasteiger charge is -1.57. The van der Waals surface area contributed by atoms with Gasteiger partial charge in [-0.05, 0) is 0 Å². The highest BCUT2D eigenvalue weighted by molar-refractivity contribution is 7.80. The van der Waals surface area contributed by atoms with Crippen LogP contribution < -0.4 is 0 Å². The lowest BCUT2D eigenvalue weighted by atomic mass is 10.8. The number of nitrogens with one attached hydrogen (secondary N) is 1. The zero-order chi connectivity index (χ0) is 6.95. The van der Waals surface area contributed by atoms with Gasteiger partial charge < -0.3 is 4.98 Å². The molecule has 0 aliphatic rings. The lowest BCUT2D eigenvalue weighted by molar-refractivity contribution is 1.31. The van der Waals surface area contributed by atoms with E-state index in [1.807, 2.05) is 0 Å². The molecule has 1 heterocycles. The number of hydrogen-bond acceptors (Lipinski definition) is 2. The first-order chi connectivity index (χ1) is 4.41. The van der Waals surface area contributed by atoms with Gasteiger partial charge in [0, 0.05) is 18.1 Å². The van der Waals surface area contributed by atoms with Crippen molar-refractivity contribution in [3.63, 3.8) is 0 Å². The number of thiol groups is 1. The molecule has 9 heavy (non-hydrogen) atoms. The molecule has 1 rings (SSSR count). The Morgan fingerprint density at radius 2 is 2.44 bits per heavy atom. The van der Waals surface area contributed by atoms with Crippen LogP contribution in [0.25, 0.3) is 0 Å². The Kier molecular flexibility index (Phi) is 6.73. The highest BCUT2D eigenvalue weighted by Gasteiger charge is 1.56. The Bertz CT molecular complexity index is 108. The van der Waals surface area contributed by atoms with Crippen LogP contribution in [0.15, 0.2) is 31.4 Å². The highest BCUT2D eigenvalue weighted by Crippen LogP contribution is 1.65. The van der Waals surface area contributed by atoms with E-state index in [1.165, 1.54) is 0 Å². The molecule has 0 spiro atoms. The third-order valence-electron chi connectivity index (χ3n) is 0.535. The maximum Gasteiger partial charge on any atom is 0.0919 e. The first kappa shape index (κ1) is 8.30. The van der Waals surface area contributed by atoms with Crippen molar-refractivity contribution in [2.45, 2.75) is 0 Å². The van der Waals surface area contributed by atoms with Crippen molar-refractivity contribution in [1.29, 1.82) is 0 Å². The molecule has 1 aromatic rings. The smallest absolute Gasteiger partial charge is 0.0919 e. The van der Waals surface area contributed by atoms with Crippen LogP contribution in [0.1, 0.15) is 0 Å². The van der Waals surface area contributed by atoms with Crippen LogP contribution in [0.5, 0.6) is 0 Å². The van der Waals surface area contributed by atoms with Gasteiger partial charge in [0.25, 0.3) is 0 Å². The molecule has 2 nitrogen and oxygen atoms in total. The molecular weight excluding hydrogens is 132 g/mol. The van der Waals surface area contributed by atoms with Gasteiger partial charge >= 0.3 is 0 Å². The van der Waals surface area contributed by atoms with E-state index in [2.05, 4.69) is 29.2 Å². The van der Waals surface area contributed by atoms with E-state index in [4.69, 9.17) is 0 Å². The maximum absolute atomic E-state index is 3.80. The first-order valence-corrected chi connectivity index (χ1v) is 3.19. The van der Waals surface area contributed by atoms with Crippen molar-refractivity contribution in [1.82, 2.24) is 9.97 Å². The van der Waals surface area contributed by atoms with Gasteiger partial charge in [0.05, 0.1) is 6.33 Å². The summed E-state index contributed by atoms with van der Waals surface area (Å²) in [6.45, 7) is 3.40. The normalized spacial score (nSPS) is 7.22. The zero-order valence-corrected chi connectivity index (χ0v) is 6.01. The largest absolute Gasteiger partial charge is 0.351 e. The van der Waals surface area contributed by atoms with Crippen LogP contribution in [0.4, 0.5) is 0 Å². The SMILES string of the molecule is C=CCS.c1c[nH]cn1. The average molecular weight is 142 g/mol. The van der Waals surface area contributed by atoms with Gasteiger partial charge in [-0.25, -0.2) is 4.98 Å². The van der Waals surface area contributed by atoms with E-state index in [9.17, 15) is 0 Å². The Morgan fingerprint density at radius 3 is 2.56 bits per heavy atom. The minimum Gasteiger partial charge on any atom is -0.351 e. The summed E-state index contributed by atoms with van der Waals surface area (Å²) in [4.78, 5) is 6.42. The third-order valence-corrected chi connectivity index (χ3v) is 0.793. The number of nitrogens with zero attached hydrogens (tertiary/aromatic N) is 1. The number of H-pyrrole nitrogens is 1. The molecule has 0 saturated carbocycles. The van der Waals surface area contributed by atoms with Crippen LogP contribution in [-0.4, -0.2) is 15.7 Å². The fourth-order valence-corrected chi connectivity index (χ4v) is 0.215. The van der Waals surface area contributed by atoms with Gasteiger partial charge in [-0.1, -0.05) is 6.08 Å². The number of hydrogen-bond donors (Lipinski definition) is 2. The molecule has 0 aliphatic carbocycles. The van der Waals surface area contributed by atoms with Crippen LogP contribution >= 0.6 is 12.6 Å². The molecule has 0 bridgehead atoms. The third kappa shape index (κ3) is 7.30. The summed E-state index contributed by atoms with van der Waals surface area (Å²) in [6.07, 6.45) is 6.82. The predicted octanol–water partition coefficient (Wildman–Crippen LogP) is 1.51. The summed E-state index contributed by atoms with van der Waals surface area (Å²) < 4.78 is 0. The lowest BCUT2D eigenvalue weighted by Crippen LogP contribution is -1.45. The van der Waals surface area contributed by atoms with E-state index >= 15 is 0 Å². The van der Waals surface area contributed by atoms with Crippen molar-refractivity contribution < 1.29 is 0 Å². The summed E-state index contributed by atoms with van der Waals surface area (Å²) >= 11 is 3.80. The van der Waals surface area contributed by atoms with Crippen LogP contribution in [0.2, 0.25) is 0 Å². The van der Waals surface area contributed by atoms with Gasteiger partial charge in [-0.2, -0.15) is 12.6 Å². The molecule has 50 valence electrons. The topological polar surface area (TPSA) is 28.7 Å². The van der Waals surface area contributed by atoms with Crippen molar-refractivity contribution in [3.05, 3.63) is 31.4 Å². The molecule has 0 atom stereocenters. The predicted molar refractivity (Wildman–Crippen MR) is 42.6 cm³/mol. The van der Waals surface area contributed by atoms with E-state index in [1.54, 1.807) is 24.8 Å². The van der Waals surface area contributed by atoms with Gasteiger partial charge in [0.15, 0.2) is 0 Å². The summed E-state index contributed by atoms with van der Waals surface area (Å²) in [7, 11) is 0. The van der Waals surface area contributed by atoms with Gasteiger partial charge in [-0.3, -0.25) is 0 Å². The highest BCUT2D eigenvalue weighted by atomic mass is 32.1. The fourth-order valence-electron chi connectivity index (χ4n) is 0.215. The molecule has 0 aliphatic heterocycles. The number of imidazole rings is 1. The van der Waals surface area contributed by atoms with Crippen molar-refractivity contribution in [2.75, 3.05) is 5.75 Å². The van der Waals surface area contributed by atoms with E-state index in [0.29, 0.717) is 0 Å². The zero-order valence-electron chi connectivity index (χ0n) is 5.12. The fraction of sp³-hybridized carbons (Fsp3) is 0.167. The van der Waals surface area contributed by atoms with E-state index in [0.717, 1.165) is 5.75 Å². The Hall–Kier alpha value is -0.700. The molecule has 0 aromatic carbocycles. The molecule has 1 aromatic heterocycles. The van der Waals surface area contributed by atoms with Crippen LogP contribution in [-0.2, 0) is 0 Å². The van der Waals surface area contributed by atoms with Crippen molar-refractivity contribution in [2.24, 2.45) is 0 Å².